The van der Waals surface area contributed by atoms with E-state index in [1.54, 1.807) is 0 Å². The molecule has 4 heteroatoms. The topological polar surface area (TPSA) is 22.4 Å². The molecule has 0 unspecified atom stereocenters. The van der Waals surface area contributed by atoms with Crippen molar-refractivity contribution in [2.24, 2.45) is 0 Å². The Labute approximate surface area is 104 Å². The third-order valence-electron chi connectivity index (χ3n) is 3.56. The van der Waals surface area contributed by atoms with E-state index in [0.29, 0.717) is 16.6 Å². The van der Waals surface area contributed by atoms with E-state index in [9.17, 15) is 4.39 Å². The van der Waals surface area contributed by atoms with Crippen molar-refractivity contribution in [1.82, 2.24) is 0 Å². The molecular formula is C13H23FO2Si. The fourth-order valence-corrected chi connectivity index (χ4v) is 8.04. The molecule has 1 aromatic heterocycles. The van der Waals surface area contributed by atoms with Crippen molar-refractivity contribution < 1.29 is 13.2 Å². The van der Waals surface area contributed by atoms with E-state index >= 15 is 0 Å². The lowest BCUT2D eigenvalue weighted by Crippen LogP contribution is -2.50. The van der Waals surface area contributed by atoms with Gasteiger partial charge in [0.2, 0.25) is 5.82 Å². The molecule has 1 rings (SSSR count). The second-order valence-electron chi connectivity index (χ2n) is 5.48. The summed E-state index contributed by atoms with van der Waals surface area (Å²) in [6, 6.07) is 1.30. The van der Waals surface area contributed by atoms with Crippen LogP contribution in [0.2, 0.25) is 16.6 Å². The first-order chi connectivity index (χ1) is 7.82. The van der Waals surface area contributed by atoms with Gasteiger partial charge >= 0.3 is 5.95 Å². The summed E-state index contributed by atoms with van der Waals surface area (Å²) in [5, 5.41) is 0. The molecular weight excluding hydrogens is 235 g/mol. The van der Waals surface area contributed by atoms with Crippen LogP contribution in [-0.4, -0.2) is 8.32 Å². The summed E-state index contributed by atoms with van der Waals surface area (Å²) >= 11 is 0. The number of hydrogen-bond donors (Lipinski definition) is 0. The predicted octanol–water partition coefficient (Wildman–Crippen LogP) is 4.97. The lowest BCUT2D eigenvalue weighted by molar-refractivity contribution is 0.336. The van der Waals surface area contributed by atoms with E-state index in [1.165, 1.54) is 12.3 Å². The average Bonchev–Trinajstić information content (AvgIpc) is 2.58. The van der Waals surface area contributed by atoms with Crippen LogP contribution >= 0.6 is 0 Å². The minimum atomic E-state index is -2.10. The number of furan rings is 1. The highest BCUT2D eigenvalue weighted by Crippen LogP contribution is 2.43. The molecule has 0 radical (unpaired) electrons. The van der Waals surface area contributed by atoms with Crippen molar-refractivity contribution in [3.8, 4) is 5.95 Å². The van der Waals surface area contributed by atoms with E-state index in [0.717, 1.165) is 0 Å². The van der Waals surface area contributed by atoms with Crippen LogP contribution in [0.25, 0.3) is 0 Å². The second kappa shape index (κ2) is 5.25. The molecule has 0 aliphatic heterocycles. The Balaban J connectivity index is 3.11. The summed E-state index contributed by atoms with van der Waals surface area (Å²) in [5.41, 5.74) is 1.23. The van der Waals surface area contributed by atoms with Crippen LogP contribution in [0.1, 0.15) is 41.5 Å². The SMILES string of the molecule is CC(C)[Si](Oc1occc1F)(C(C)C)C(C)C. The second-order valence-corrected chi connectivity index (χ2v) is 10.9. The van der Waals surface area contributed by atoms with Gasteiger partial charge in [-0.05, 0) is 16.6 Å². The highest BCUT2D eigenvalue weighted by Gasteiger charge is 2.48. The number of rotatable bonds is 5. The summed E-state index contributed by atoms with van der Waals surface area (Å²) in [6.07, 6.45) is 1.34. The number of halogens is 1. The Bertz CT molecular complexity index is 336. The molecule has 0 saturated carbocycles. The van der Waals surface area contributed by atoms with Crippen LogP contribution in [0.3, 0.4) is 0 Å². The summed E-state index contributed by atoms with van der Waals surface area (Å²) in [7, 11) is -2.10. The Hall–Kier alpha value is -0.773. The maximum Gasteiger partial charge on any atom is 0.308 e. The van der Waals surface area contributed by atoms with Crippen LogP contribution in [0, 0.1) is 5.82 Å². The van der Waals surface area contributed by atoms with Crippen molar-refractivity contribution in [1.29, 1.82) is 0 Å². The molecule has 0 atom stereocenters. The normalized spacial score (nSPS) is 12.8. The van der Waals surface area contributed by atoms with Gasteiger partial charge < -0.3 is 8.84 Å². The first-order valence-electron chi connectivity index (χ1n) is 6.24. The molecule has 0 aromatic carbocycles. The van der Waals surface area contributed by atoms with Gasteiger partial charge in [0.25, 0.3) is 8.32 Å². The molecule has 0 N–H and O–H groups in total. The molecule has 0 amide bonds. The first kappa shape index (κ1) is 14.3. The molecule has 0 saturated heterocycles. The van der Waals surface area contributed by atoms with Gasteiger partial charge in [-0.2, -0.15) is 4.39 Å². The third kappa shape index (κ3) is 2.57. The molecule has 1 heterocycles. The molecule has 98 valence electrons. The third-order valence-corrected chi connectivity index (χ3v) is 9.51. The van der Waals surface area contributed by atoms with Crippen molar-refractivity contribution in [3.63, 3.8) is 0 Å². The number of hydrogen-bond acceptors (Lipinski definition) is 2. The van der Waals surface area contributed by atoms with E-state index < -0.39 is 14.1 Å². The minimum Gasteiger partial charge on any atom is -0.516 e. The molecule has 1 aromatic rings. The van der Waals surface area contributed by atoms with Crippen LogP contribution in [-0.2, 0) is 0 Å². The Morgan fingerprint density at radius 1 is 1.06 bits per heavy atom. The Morgan fingerprint density at radius 2 is 1.53 bits per heavy atom. The molecule has 2 nitrogen and oxygen atoms in total. The lowest BCUT2D eigenvalue weighted by Gasteiger charge is -2.41. The zero-order valence-corrected chi connectivity index (χ0v) is 12.6. The highest BCUT2D eigenvalue weighted by molar-refractivity contribution is 6.78. The van der Waals surface area contributed by atoms with Gasteiger partial charge in [0.1, 0.15) is 0 Å². The van der Waals surface area contributed by atoms with Crippen molar-refractivity contribution in [3.05, 3.63) is 18.1 Å². The quantitative estimate of drug-likeness (QED) is 0.695. The van der Waals surface area contributed by atoms with Crippen LogP contribution < -0.4 is 4.43 Å². The van der Waals surface area contributed by atoms with E-state index in [-0.39, 0.29) is 5.95 Å². The van der Waals surface area contributed by atoms with Crippen LogP contribution in [0.4, 0.5) is 4.39 Å². The summed E-state index contributed by atoms with van der Waals surface area (Å²) < 4.78 is 24.6. The first-order valence-corrected chi connectivity index (χ1v) is 8.38. The summed E-state index contributed by atoms with van der Waals surface area (Å²) in [6.45, 7) is 13.0. The van der Waals surface area contributed by atoms with Crippen LogP contribution in [0.5, 0.6) is 5.95 Å². The zero-order chi connectivity index (χ0) is 13.2. The molecule has 0 aliphatic rings. The minimum absolute atomic E-state index is 0.0627. The monoisotopic (exact) mass is 258 g/mol. The van der Waals surface area contributed by atoms with Gasteiger partial charge in [0, 0.05) is 6.07 Å². The largest absolute Gasteiger partial charge is 0.516 e. The summed E-state index contributed by atoms with van der Waals surface area (Å²) in [5.74, 6) is -0.336. The maximum absolute atomic E-state index is 13.5. The Kier molecular flexibility index (Phi) is 4.41. The van der Waals surface area contributed by atoms with E-state index in [4.69, 9.17) is 8.84 Å². The fourth-order valence-electron chi connectivity index (χ4n) is 2.87. The van der Waals surface area contributed by atoms with Crippen LogP contribution in [0.15, 0.2) is 16.7 Å². The molecule has 17 heavy (non-hydrogen) atoms. The van der Waals surface area contributed by atoms with Gasteiger partial charge in [-0.3, -0.25) is 0 Å². The molecule has 0 spiro atoms. The average molecular weight is 258 g/mol. The van der Waals surface area contributed by atoms with Crippen molar-refractivity contribution in [2.45, 2.75) is 58.2 Å². The van der Waals surface area contributed by atoms with Gasteiger partial charge in [-0.15, -0.1) is 0 Å². The zero-order valence-electron chi connectivity index (χ0n) is 11.6. The molecule has 0 bridgehead atoms. The molecule has 0 aliphatic carbocycles. The predicted molar refractivity (Wildman–Crippen MR) is 70.3 cm³/mol. The standard InChI is InChI=1S/C13H23FO2Si/c1-9(2)17(10(3)4,11(5)6)16-13-12(14)7-8-15-13/h7-11H,1-6H3. The van der Waals surface area contributed by atoms with Crippen molar-refractivity contribution >= 4 is 8.32 Å². The smallest absolute Gasteiger partial charge is 0.308 e. The van der Waals surface area contributed by atoms with Gasteiger partial charge in [0.05, 0.1) is 6.26 Å². The van der Waals surface area contributed by atoms with E-state index in [2.05, 4.69) is 41.5 Å². The maximum atomic E-state index is 13.5. The lowest BCUT2D eigenvalue weighted by atomic mass is 10.5. The van der Waals surface area contributed by atoms with E-state index in [1.807, 2.05) is 0 Å². The van der Waals surface area contributed by atoms with Gasteiger partial charge in [-0.25, -0.2) is 0 Å². The Morgan fingerprint density at radius 3 is 1.82 bits per heavy atom. The fraction of sp³-hybridized carbons (Fsp3) is 0.692. The molecule has 0 fully saturated rings. The van der Waals surface area contributed by atoms with Gasteiger partial charge in [0.15, 0.2) is 0 Å². The summed E-state index contributed by atoms with van der Waals surface area (Å²) in [4.78, 5) is 0. The van der Waals surface area contributed by atoms with Gasteiger partial charge in [-0.1, -0.05) is 41.5 Å². The van der Waals surface area contributed by atoms with Crippen molar-refractivity contribution in [2.75, 3.05) is 0 Å². The highest BCUT2D eigenvalue weighted by atomic mass is 28.4.